The third-order valence-corrected chi connectivity index (χ3v) is 7.41. The summed E-state index contributed by atoms with van der Waals surface area (Å²) < 4.78 is 24.0. The van der Waals surface area contributed by atoms with E-state index in [1.165, 1.54) is 0 Å². The van der Waals surface area contributed by atoms with Crippen molar-refractivity contribution in [2.45, 2.75) is 37.4 Å². The number of carbonyl (C=O) groups excluding carboxylic acids is 1. The molecule has 3 aromatic carbocycles. The number of methoxy groups -OCH3 is 2. The Labute approximate surface area is 234 Å². The summed E-state index contributed by atoms with van der Waals surface area (Å²) in [4.78, 5) is 13.7. The van der Waals surface area contributed by atoms with Crippen LogP contribution in [0.1, 0.15) is 30.0 Å². The molecule has 0 radical (unpaired) electrons. The highest BCUT2D eigenvalue weighted by molar-refractivity contribution is 5.94. The molecule has 3 atom stereocenters. The van der Waals surface area contributed by atoms with Gasteiger partial charge in [-0.25, -0.2) is 0 Å². The van der Waals surface area contributed by atoms with Crippen LogP contribution in [0.5, 0.6) is 11.5 Å². The number of aliphatic hydroxyl groups is 1. The molecule has 2 heterocycles. The smallest absolute Gasteiger partial charge is 0.253 e. The minimum Gasteiger partial charge on any atom is -0.497 e. The van der Waals surface area contributed by atoms with E-state index in [4.69, 9.17) is 18.9 Å². The van der Waals surface area contributed by atoms with Crippen LogP contribution in [-0.4, -0.2) is 55.2 Å². The zero-order valence-electron chi connectivity index (χ0n) is 22.9. The number of ether oxygens (including phenoxy) is 4. The summed E-state index contributed by atoms with van der Waals surface area (Å²) in [5.41, 5.74) is 2.20. The Bertz CT molecular complexity index is 1320. The van der Waals surface area contributed by atoms with Crippen molar-refractivity contribution < 1.29 is 28.8 Å². The molecule has 1 saturated heterocycles. The van der Waals surface area contributed by atoms with E-state index in [9.17, 15) is 9.90 Å². The Morgan fingerprint density at radius 1 is 0.950 bits per heavy atom. The van der Waals surface area contributed by atoms with Crippen molar-refractivity contribution in [3.63, 3.8) is 0 Å². The lowest BCUT2D eigenvalue weighted by Gasteiger charge is -2.37. The minimum atomic E-state index is -1.03. The molecule has 40 heavy (non-hydrogen) atoms. The number of hydrogen-bond acceptors (Lipinski definition) is 7. The molecule has 0 bridgehead atoms. The predicted molar refractivity (Wildman–Crippen MR) is 150 cm³/mol. The fourth-order valence-corrected chi connectivity index (χ4v) is 5.21. The number of nitrogens with zero attached hydrogens (tertiary/aromatic N) is 1. The third-order valence-electron chi connectivity index (χ3n) is 7.41. The zero-order valence-corrected chi connectivity index (χ0v) is 22.9. The lowest BCUT2D eigenvalue weighted by Crippen LogP contribution is -2.43. The highest BCUT2D eigenvalue weighted by Crippen LogP contribution is 2.42. The van der Waals surface area contributed by atoms with Gasteiger partial charge in [-0.3, -0.25) is 4.79 Å². The van der Waals surface area contributed by atoms with E-state index >= 15 is 0 Å². The van der Waals surface area contributed by atoms with E-state index in [0.717, 1.165) is 28.2 Å². The van der Waals surface area contributed by atoms with Crippen molar-refractivity contribution in [2.75, 3.05) is 20.8 Å². The van der Waals surface area contributed by atoms with Crippen LogP contribution in [0, 0.1) is 0 Å². The molecule has 0 saturated carbocycles. The highest BCUT2D eigenvalue weighted by atomic mass is 16.6. The number of benzene rings is 3. The molecule has 0 unspecified atom stereocenters. The minimum absolute atomic E-state index is 0.0972. The summed E-state index contributed by atoms with van der Waals surface area (Å²) in [5.74, 6) is 1.67. The van der Waals surface area contributed by atoms with Gasteiger partial charge in [-0.1, -0.05) is 61.2 Å². The molecule has 8 heteroatoms. The maximum absolute atomic E-state index is 12.0. The lowest BCUT2D eigenvalue weighted by molar-refractivity contribution is -0.120. The first-order valence-corrected chi connectivity index (χ1v) is 13.1. The summed E-state index contributed by atoms with van der Waals surface area (Å²) in [6, 6.07) is 25.5. The molecular weight excluding hydrogens is 508 g/mol. The van der Waals surface area contributed by atoms with Gasteiger partial charge in [-0.2, -0.15) is 0 Å². The van der Waals surface area contributed by atoms with Crippen molar-refractivity contribution in [1.29, 1.82) is 0 Å². The number of nitrogens with one attached hydrogen (secondary N) is 1. The number of rotatable bonds is 9. The Morgan fingerprint density at radius 3 is 2.05 bits per heavy atom. The Kier molecular flexibility index (Phi) is 7.93. The van der Waals surface area contributed by atoms with E-state index in [1.54, 1.807) is 32.2 Å². The van der Waals surface area contributed by atoms with Crippen LogP contribution in [0.2, 0.25) is 0 Å². The van der Waals surface area contributed by atoms with Gasteiger partial charge in [0, 0.05) is 18.2 Å². The SMILES string of the molecule is C=C1NC(=O)C(C)=CN1[C@H]1C[C@H](O)[C@@H](COC(c2ccccc2)(c2ccc(OC)cc2)c2ccc(OC)cc2)O1. The van der Waals surface area contributed by atoms with Crippen LogP contribution >= 0.6 is 0 Å². The van der Waals surface area contributed by atoms with Gasteiger partial charge in [0.1, 0.15) is 35.3 Å². The fraction of sp³-hybridized carbons (Fsp3) is 0.281. The predicted octanol–water partition coefficient (Wildman–Crippen LogP) is 4.30. The summed E-state index contributed by atoms with van der Waals surface area (Å²) in [7, 11) is 3.27. The second-order valence-electron chi connectivity index (χ2n) is 9.87. The van der Waals surface area contributed by atoms with Crippen molar-refractivity contribution in [3.8, 4) is 11.5 Å². The van der Waals surface area contributed by atoms with E-state index in [-0.39, 0.29) is 12.5 Å². The molecule has 0 aliphatic carbocycles. The monoisotopic (exact) mass is 542 g/mol. The van der Waals surface area contributed by atoms with Crippen LogP contribution in [0.3, 0.4) is 0 Å². The number of amides is 1. The first kappa shape index (κ1) is 27.5. The Morgan fingerprint density at radius 2 is 1.50 bits per heavy atom. The molecule has 0 aromatic heterocycles. The van der Waals surface area contributed by atoms with E-state index in [0.29, 0.717) is 17.8 Å². The molecule has 3 aromatic rings. The molecule has 1 amide bonds. The first-order chi connectivity index (χ1) is 19.3. The highest BCUT2D eigenvalue weighted by Gasteiger charge is 2.43. The molecule has 8 nitrogen and oxygen atoms in total. The van der Waals surface area contributed by atoms with Gasteiger partial charge < -0.3 is 34.3 Å². The molecule has 1 fully saturated rings. The van der Waals surface area contributed by atoms with Gasteiger partial charge in [-0.15, -0.1) is 0 Å². The zero-order chi connectivity index (χ0) is 28.3. The number of carbonyl (C=O) groups is 1. The van der Waals surface area contributed by atoms with Crippen LogP contribution in [0.4, 0.5) is 0 Å². The molecular formula is C32H34N2O6. The van der Waals surface area contributed by atoms with Gasteiger partial charge in [0.15, 0.2) is 0 Å². The number of hydrogen-bond donors (Lipinski definition) is 2. The summed E-state index contributed by atoms with van der Waals surface area (Å²) in [6.45, 7) is 5.76. The van der Waals surface area contributed by atoms with Crippen molar-refractivity contribution in [3.05, 3.63) is 120 Å². The van der Waals surface area contributed by atoms with Gasteiger partial charge in [0.2, 0.25) is 0 Å². The summed E-state index contributed by atoms with van der Waals surface area (Å²) >= 11 is 0. The van der Waals surface area contributed by atoms with Gasteiger partial charge in [-0.05, 0) is 47.9 Å². The summed E-state index contributed by atoms with van der Waals surface area (Å²) in [6.07, 6.45) is 0.119. The average molecular weight is 543 g/mol. The Hall–Kier alpha value is -4.11. The van der Waals surface area contributed by atoms with Crippen LogP contribution in [0.25, 0.3) is 0 Å². The second-order valence-corrected chi connectivity index (χ2v) is 9.87. The van der Waals surface area contributed by atoms with Crippen LogP contribution in [-0.2, 0) is 19.9 Å². The van der Waals surface area contributed by atoms with Crippen LogP contribution in [0.15, 0.2) is 103 Å². The topological polar surface area (TPSA) is 89.5 Å². The van der Waals surface area contributed by atoms with Crippen molar-refractivity contribution in [1.82, 2.24) is 10.2 Å². The molecule has 2 aliphatic rings. The molecule has 2 aliphatic heterocycles. The quantitative estimate of drug-likeness (QED) is 0.390. The third kappa shape index (κ3) is 5.21. The maximum Gasteiger partial charge on any atom is 0.253 e. The van der Waals surface area contributed by atoms with Gasteiger partial charge >= 0.3 is 0 Å². The fourth-order valence-electron chi connectivity index (χ4n) is 5.21. The summed E-state index contributed by atoms with van der Waals surface area (Å²) in [5, 5.41) is 13.8. The van der Waals surface area contributed by atoms with Gasteiger partial charge in [0.25, 0.3) is 5.91 Å². The molecule has 208 valence electrons. The maximum atomic E-state index is 12.0. The van der Waals surface area contributed by atoms with E-state index in [2.05, 4.69) is 11.9 Å². The van der Waals surface area contributed by atoms with Crippen molar-refractivity contribution >= 4 is 5.91 Å². The largest absolute Gasteiger partial charge is 0.497 e. The van der Waals surface area contributed by atoms with E-state index in [1.807, 2.05) is 78.9 Å². The molecule has 0 spiro atoms. The lowest BCUT2D eigenvalue weighted by atomic mass is 9.80. The van der Waals surface area contributed by atoms with Crippen LogP contribution < -0.4 is 14.8 Å². The van der Waals surface area contributed by atoms with Gasteiger partial charge in [0.05, 0.1) is 26.9 Å². The first-order valence-electron chi connectivity index (χ1n) is 13.1. The normalized spacial score (nSPS) is 21.1. The van der Waals surface area contributed by atoms with Crippen molar-refractivity contribution in [2.24, 2.45) is 0 Å². The molecule has 2 N–H and O–H groups in total. The average Bonchev–Trinajstić information content (AvgIpc) is 3.36. The molecule has 5 rings (SSSR count). The number of aliphatic hydroxyl groups excluding tert-OH is 1. The second kappa shape index (κ2) is 11.6. The van der Waals surface area contributed by atoms with E-state index < -0.39 is 24.0 Å². The Balaban J connectivity index is 1.51. The standard InChI is InChI=1S/C32H34N2O6/c1-21-19-34(22(2)33-31(21)36)30-18-28(35)29(40-30)20-39-32(23-8-6-5-7-9-23,24-10-14-26(37-3)15-11-24)25-12-16-27(38-4)17-13-25/h5-17,19,28-30,35H,2,18,20H2,1,3-4H3,(H,33,36)/t28-,29+,30+/m0/s1.